The number of nitrogens with zero attached hydrogens (tertiary/aromatic N) is 5. The average Bonchev–Trinajstić information content (AvgIpc) is 2.61. The number of hydrogen-bond donors (Lipinski definition) is 0. The van der Waals surface area contributed by atoms with Gasteiger partial charge in [0.15, 0.2) is 5.82 Å². The van der Waals surface area contributed by atoms with Crippen molar-refractivity contribution in [2.75, 3.05) is 31.1 Å². The van der Waals surface area contributed by atoms with Gasteiger partial charge in [0.2, 0.25) is 5.91 Å². The average molecular weight is 339 g/mol. The molecule has 0 radical (unpaired) electrons. The zero-order valence-corrected chi connectivity index (χ0v) is 15.1. The molecule has 0 N–H and O–H groups in total. The Morgan fingerprint density at radius 3 is 2.32 bits per heavy atom. The van der Waals surface area contributed by atoms with Crippen molar-refractivity contribution in [2.24, 2.45) is 5.41 Å². The van der Waals surface area contributed by atoms with Gasteiger partial charge < -0.3 is 9.80 Å². The minimum atomic E-state index is 0.0288. The third-order valence-corrected chi connectivity index (χ3v) is 4.22. The van der Waals surface area contributed by atoms with E-state index in [4.69, 9.17) is 0 Å². The quantitative estimate of drug-likeness (QED) is 0.860. The van der Waals surface area contributed by atoms with Gasteiger partial charge in [-0.05, 0) is 29.7 Å². The summed E-state index contributed by atoms with van der Waals surface area (Å²) in [4.78, 5) is 20.8. The predicted molar refractivity (Wildman–Crippen MR) is 98.1 cm³/mol. The molecule has 3 heterocycles. The summed E-state index contributed by atoms with van der Waals surface area (Å²) in [5.74, 6) is 1.09. The van der Waals surface area contributed by atoms with Gasteiger partial charge in [-0.3, -0.25) is 9.78 Å². The SMILES string of the molecule is CC(C)(C)CC(=O)N1CCN(c2ccc(-c3ccccn3)nn2)CC1. The summed E-state index contributed by atoms with van der Waals surface area (Å²) in [5.41, 5.74) is 1.61. The maximum absolute atomic E-state index is 12.3. The van der Waals surface area contributed by atoms with Gasteiger partial charge in [0.05, 0.1) is 5.69 Å². The van der Waals surface area contributed by atoms with E-state index < -0.39 is 0 Å². The smallest absolute Gasteiger partial charge is 0.223 e. The second-order valence-electron chi connectivity index (χ2n) is 7.60. The lowest BCUT2D eigenvalue weighted by Gasteiger charge is -2.36. The molecule has 0 spiro atoms. The van der Waals surface area contributed by atoms with Crippen molar-refractivity contribution in [3.05, 3.63) is 36.5 Å². The van der Waals surface area contributed by atoms with Crippen molar-refractivity contribution in [2.45, 2.75) is 27.2 Å². The molecular weight excluding hydrogens is 314 g/mol. The topological polar surface area (TPSA) is 62.2 Å². The van der Waals surface area contributed by atoms with Crippen LogP contribution < -0.4 is 4.90 Å². The molecule has 0 bridgehead atoms. The number of amides is 1. The molecule has 2 aromatic heterocycles. The number of rotatable bonds is 3. The third kappa shape index (κ3) is 4.53. The van der Waals surface area contributed by atoms with Crippen LogP contribution in [-0.2, 0) is 4.79 Å². The van der Waals surface area contributed by atoms with Gasteiger partial charge >= 0.3 is 0 Å². The number of carbonyl (C=O) groups is 1. The largest absolute Gasteiger partial charge is 0.352 e. The zero-order chi connectivity index (χ0) is 17.9. The fraction of sp³-hybridized carbons (Fsp3) is 0.474. The molecule has 1 saturated heterocycles. The van der Waals surface area contributed by atoms with Crippen molar-refractivity contribution in [1.29, 1.82) is 0 Å². The number of pyridine rings is 1. The van der Waals surface area contributed by atoms with Gasteiger partial charge in [-0.15, -0.1) is 10.2 Å². The van der Waals surface area contributed by atoms with E-state index >= 15 is 0 Å². The number of piperazine rings is 1. The second kappa shape index (κ2) is 7.17. The van der Waals surface area contributed by atoms with Crippen LogP contribution in [0.4, 0.5) is 5.82 Å². The summed E-state index contributed by atoms with van der Waals surface area (Å²) in [5, 5.41) is 8.63. The summed E-state index contributed by atoms with van der Waals surface area (Å²) in [6, 6.07) is 9.66. The van der Waals surface area contributed by atoms with Crippen LogP contribution in [-0.4, -0.2) is 52.2 Å². The lowest BCUT2D eigenvalue weighted by molar-refractivity contribution is -0.133. The van der Waals surface area contributed by atoms with Crippen LogP contribution in [0.5, 0.6) is 0 Å². The first-order valence-electron chi connectivity index (χ1n) is 8.70. The van der Waals surface area contributed by atoms with Crippen LogP contribution in [0.3, 0.4) is 0 Å². The molecule has 2 aromatic rings. The highest BCUT2D eigenvalue weighted by Gasteiger charge is 2.25. The van der Waals surface area contributed by atoms with Crippen LogP contribution in [0.2, 0.25) is 0 Å². The summed E-state index contributed by atoms with van der Waals surface area (Å²) in [6.45, 7) is 9.33. The van der Waals surface area contributed by atoms with Crippen LogP contribution in [0.15, 0.2) is 36.5 Å². The molecular formula is C19H25N5O. The van der Waals surface area contributed by atoms with Gasteiger partial charge in [-0.1, -0.05) is 26.8 Å². The fourth-order valence-corrected chi connectivity index (χ4v) is 2.90. The molecule has 132 valence electrons. The van der Waals surface area contributed by atoms with E-state index in [9.17, 15) is 4.79 Å². The Kier molecular flexibility index (Phi) is 4.97. The molecule has 3 rings (SSSR count). The first-order chi connectivity index (χ1) is 11.9. The standard InChI is InChI=1S/C19H25N5O/c1-19(2,3)14-18(25)24-12-10-23(11-13-24)17-8-7-16(21-22-17)15-6-4-5-9-20-15/h4-9H,10-14H2,1-3H3. The highest BCUT2D eigenvalue weighted by Crippen LogP contribution is 2.21. The first-order valence-corrected chi connectivity index (χ1v) is 8.70. The zero-order valence-electron chi connectivity index (χ0n) is 15.1. The maximum Gasteiger partial charge on any atom is 0.223 e. The molecule has 6 heteroatoms. The van der Waals surface area contributed by atoms with E-state index in [0.29, 0.717) is 6.42 Å². The number of carbonyl (C=O) groups excluding carboxylic acids is 1. The van der Waals surface area contributed by atoms with Crippen molar-refractivity contribution < 1.29 is 4.79 Å². The Hall–Kier alpha value is -2.50. The first kappa shape index (κ1) is 17.3. The monoisotopic (exact) mass is 339 g/mol. The Labute approximate surface area is 148 Å². The fourth-order valence-electron chi connectivity index (χ4n) is 2.90. The van der Waals surface area contributed by atoms with Crippen molar-refractivity contribution in [3.8, 4) is 11.4 Å². The minimum Gasteiger partial charge on any atom is -0.352 e. The number of hydrogen-bond acceptors (Lipinski definition) is 5. The van der Waals surface area contributed by atoms with E-state index in [2.05, 4.69) is 40.9 Å². The third-order valence-electron chi connectivity index (χ3n) is 4.22. The van der Waals surface area contributed by atoms with Crippen LogP contribution >= 0.6 is 0 Å². The molecule has 0 aliphatic carbocycles. The van der Waals surface area contributed by atoms with E-state index in [1.54, 1.807) is 6.20 Å². The summed E-state index contributed by atoms with van der Waals surface area (Å²) < 4.78 is 0. The minimum absolute atomic E-state index is 0.0288. The highest BCUT2D eigenvalue weighted by atomic mass is 16.2. The molecule has 1 aliphatic rings. The molecule has 0 unspecified atom stereocenters. The Bertz CT molecular complexity index is 701. The van der Waals surface area contributed by atoms with E-state index in [0.717, 1.165) is 43.4 Å². The Balaban J connectivity index is 1.59. The number of aromatic nitrogens is 3. The molecule has 6 nitrogen and oxygen atoms in total. The molecule has 0 aromatic carbocycles. The van der Waals surface area contributed by atoms with E-state index in [1.165, 1.54) is 0 Å². The van der Waals surface area contributed by atoms with E-state index in [-0.39, 0.29) is 11.3 Å². The lowest BCUT2D eigenvalue weighted by Crippen LogP contribution is -2.49. The molecule has 1 fully saturated rings. The van der Waals surface area contributed by atoms with Gasteiger partial charge in [0.25, 0.3) is 0 Å². The van der Waals surface area contributed by atoms with Crippen LogP contribution in [0.25, 0.3) is 11.4 Å². The maximum atomic E-state index is 12.3. The summed E-state index contributed by atoms with van der Waals surface area (Å²) >= 11 is 0. The van der Waals surface area contributed by atoms with Crippen molar-refractivity contribution >= 4 is 11.7 Å². The molecule has 1 aliphatic heterocycles. The summed E-state index contributed by atoms with van der Waals surface area (Å²) in [6.07, 6.45) is 2.34. The normalized spacial score (nSPS) is 15.3. The van der Waals surface area contributed by atoms with E-state index in [1.807, 2.05) is 35.2 Å². The predicted octanol–water partition coefficient (Wildman–Crippen LogP) is 2.62. The van der Waals surface area contributed by atoms with Gasteiger partial charge in [0, 0.05) is 38.8 Å². The molecule has 0 atom stereocenters. The number of anilines is 1. The van der Waals surface area contributed by atoms with Crippen molar-refractivity contribution in [1.82, 2.24) is 20.1 Å². The molecule has 1 amide bonds. The summed E-state index contributed by atoms with van der Waals surface area (Å²) in [7, 11) is 0. The molecule has 25 heavy (non-hydrogen) atoms. The van der Waals surface area contributed by atoms with Crippen molar-refractivity contribution in [3.63, 3.8) is 0 Å². The van der Waals surface area contributed by atoms with Crippen LogP contribution in [0.1, 0.15) is 27.2 Å². The Morgan fingerprint density at radius 1 is 1.00 bits per heavy atom. The van der Waals surface area contributed by atoms with Gasteiger partial charge in [0.1, 0.15) is 5.69 Å². The lowest BCUT2D eigenvalue weighted by atomic mass is 9.91. The van der Waals surface area contributed by atoms with Crippen LogP contribution in [0, 0.1) is 5.41 Å². The second-order valence-corrected chi connectivity index (χ2v) is 7.60. The van der Waals surface area contributed by atoms with Gasteiger partial charge in [-0.2, -0.15) is 0 Å². The van der Waals surface area contributed by atoms with Gasteiger partial charge in [-0.25, -0.2) is 0 Å². The molecule has 0 saturated carbocycles. The highest BCUT2D eigenvalue weighted by molar-refractivity contribution is 5.77. The Morgan fingerprint density at radius 2 is 1.76 bits per heavy atom.